The smallest absolute Gasteiger partial charge is 0.454 e. The molecule has 1 rings (SSSR count). The van der Waals surface area contributed by atoms with Crippen molar-refractivity contribution in [2.75, 3.05) is 0 Å². The second-order valence-corrected chi connectivity index (χ2v) is 2.79. The Morgan fingerprint density at radius 1 is 1.20 bits per heavy atom. The predicted molar refractivity (Wildman–Crippen MR) is 48.2 cm³/mol. The van der Waals surface area contributed by atoms with Gasteiger partial charge in [-0.3, -0.25) is 4.79 Å². The minimum absolute atomic E-state index is 0.00861. The lowest BCUT2D eigenvalue weighted by molar-refractivity contribution is -0.165. The summed E-state index contributed by atoms with van der Waals surface area (Å²) in [6.45, 7) is 0. The summed E-state index contributed by atoms with van der Waals surface area (Å²) in [7, 11) is 0. The Bertz CT molecular complexity index is 377. The third-order valence-corrected chi connectivity index (χ3v) is 1.60. The maximum atomic E-state index is 11.8. The summed E-state index contributed by atoms with van der Waals surface area (Å²) in [6, 6.07) is 5.43. The fraction of sp³-hybridized carbons (Fsp3) is 0.100. The van der Waals surface area contributed by atoms with Crippen LogP contribution in [0.2, 0.25) is 0 Å². The van der Waals surface area contributed by atoms with Crippen molar-refractivity contribution in [1.82, 2.24) is 0 Å². The fourth-order valence-electron chi connectivity index (χ4n) is 0.852. The maximum absolute atomic E-state index is 11.8. The highest BCUT2D eigenvalue weighted by Gasteiger charge is 2.35. The molecule has 0 fully saturated rings. The lowest BCUT2D eigenvalue weighted by atomic mass is 10.2. The van der Waals surface area contributed by atoms with Crippen molar-refractivity contribution < 1.29 is 23.1 Å². The molecule has 0 bridgehead atoms. The molecule has 0 radical (unpaired) electrons. The molecule has 2 nitrogen and oxygen atoms in total. The van der Waals surface area contributed by atoms with Gasteiger partial charge in [0.2, 0.25) is 0 Å². The highest BCUT2D eigenvalue weighted by Crippen LogP contribution is 2.17. The number of ketones is 1. The summed E-state index contributed by atoms with van der Waals surface area (Å²) in [5.41, 5.74) is 0.408. The number of phenols is 1. The monoisotopic (exact) mass is 216 g/mol. The molecule has 0 saturated carbocycles. The number of benzene rings is 1. The zero-order chi connectivity index (χ0) is 11.5. The third-order valence-electron chi connectivity index (χ3n) is 1.60. The van der Waals surface area contributed by atoms with E-state index in [9.17, 15) is 18.0 Å². The van der Waals surface area contributed by atoms with Crippen LogP contribution < -0.4 is 0 Å². The Labute approximate surface area is 83.7 Å². The number of hydrogen-bond acceptors (Lipinski definition) is 2. The molecule has 0 amide bonds. The van der Waals surface area contributed by atoms with E-state index in [4.69, 9.17) is 5.11 Å². The third kappa shape index (κ3) is 3.46. The molecule has 0 aliphatic rings. The minimum Gasteiger partial charge on any atom is -0.508 e. The second kappa shape index (κ2) is 4.16. The van der Waals surface area contributed by atoms with E-state index in [0.717, 1.165) is 6.08 Å². The number of hydrogen-bond donors (Lipinski definition) is 1. The zero-order valence-electron chi connectivity index (χ0n) is 7.45. The summed E-state index contributed by atoms with van der Waals surface area (Å²) in [5, 5.41) is 8.89. The predicted octanol–water partition coefficient (Wildman–Crippen LogP) is 2.54. The lowest BCUT2D eigenvalue weighted by Gasteiger charge is -1.99. The standard InChI is InChI=1S/C10H7F3O2/c11-10(12,13)9(15)6-3-7-1-4-8(14)5-2-7/h1-6,14H/b6-3+. The number of phenolic OH excluding ortho intramolecular Hbond substituents is 1. The molecule has 1 aromatic carbocycles. The fourth-order valence-corrected chi connectivity index (χ4v) is 0.852. The van der Waals surface area contributed by atoms with E-state index in [-0.39, 0.29) is 5.75 Å². The Morgan fingerprint density at radius 2 is 1.73 bits per heavy atom. The Morgan fingerprint density at radius 3 is 2.20 bits per heavy atom. The summed E-state index contributed by atoms with van der Waals surface area (Å²) >= 11 is 0. The van der Waals surface area contributed by atoms with Crippen LogP contribution in [0.1, 0.15) is 5.56 Å². The van der Waals surface area contributed by atoms with Gasteiger partial charge in [0, 0.05) is 0 Å². The van der Waals surface area contributed by atoms with Crippen LogP contribution in [0.25, 0.3) is 6.08 Å². The van der Waals surface area contributed by atoms with Gasteiger partial charge in [-0.25, -0.2) is 0 Å². The molecule has 0 aliphatic heterocycles. The van der Waals surface area contributed by atoms with E-state index in [1.807, 2.05) is 0 Å². The van der Waals surface area contributed by atoms with Gasteiger partial charge in [-0.05, 0) is 23.8 Å². The molecule has 1 aromatic rings. The normalized spacial score (nSPS) is 11.9. The van der Waals surface area contributed by atoms with E-state index in [2.05, 4.69) is 0 Å². The number of aromatic hydroxyl groups is 1. The van der Waals surface area contributed by atoms with E-state index < -0.39 is 12.0 Å². The van der Waals surface area contributed by atoms with Crippen LogP contribution in [-0.4, -0.2) is 17.1 Å². The van der Waals surface area contributed by atoms with Gasteiger partial charge < -0.3 is 5.11 Å². The van der Waals surface area contributed by atoms with Crippen molar-refractivity contribution in [2.45, 2.75) is 6.18 Å². The molecule has 0 aliphatic carbocycles. The minimum atomic E-state index is -4.84. The van der Waals surface area contributed by atoms with Gasteiger partial charge >= 0.3 is 6.18 Å². The first-order valence-corrected chi connectivity index (χ1v) is 3.98. The molecule has 0 spiro atoms. The Hall–Kier alpha value is -1.78. The molecular formula is C10H7F3O2. The quantitative estimate of drug-likeness (QED) is 0.771. The van der Waals surface area contributed by atoms with Crippen LogP contribution in [0.15, 0.2) is 30.3 Å². The van der Waals surface area contributed by atoms with E-state index in [1.165, 1.54) is 24.3 Å². The number of halogens is 3. The van der Waals surface area contributed by atoms with Crippen LogP contribution in [0, 0.1) is 0 Å². The lowest BCUT2D eigenvalue weighted by Crippen LogP contribution is -2.19. The average molecular weight is 216 g/mol. The summed E-state index contributed by atoms with van der Waals surface area (Å²) in [4.78, 5) is 10.4. The van der Waals surface area contributed by atoms with E-state index >= 15 is 0 Å². The van der Waals surface area contributed by atoms with Gasteiger partial charge in [-0.15, -0.1) is 0 Å². The SMILES string of the molecule is O=C(/C=C/c1ccc(O)cc1)C(F)(F)F. The van der Waals surface area contributed by atoms with Crippen LogP contribution in [0.4, 0.5) is 13.2 Å². The maximum Gasteiger partial charge on any atom is 0.454 e. The first kappa shape index (κ1) is 11.3. The molecule has 0 aromatic heterocycles. The molecule has 15 heavy (non-hydrogen) atoms. The number of allylic oxidation sites excluding steroid dienone is 1. The topological polar surface area (TPSA) is 37.3 Å². The van der Waals surface area contributed by atoms with Crippen molar-refractivity contribution >= 4 is 11.9 Å². The molecule has 1 N–H and O–H groups in total. The van der Waals surface area contributed by atoms with E-state index in [1.54, 1.807) is 0 Å². The van der Waals surface area contributed by atoms with Crippen molar-refractivity contribution in [3.05, 3.63) is 35.9 Å². The Balaban J connectivity index is 2.74. The summed E-state index contributed by atoms with van der Waals surface area (Å²) in [5.74, 6) is -1.90. The number of carbonyl (C=O) groups is 1. The van der Waals surface area contributed by atoms with Gasteiger partial charge in [0.25, 0.3) is 5.78 Å². The first-order valence-electron chi connectivity index (χ1n) is 3.98. The number of carbonyl (C=O) groups excluding carboxylic acids is 1. The first-order chi connectivity index (χ1) is 6.89. The molecule has 0 unspecified atom stereocenters. The second-order valence-electron chi connectivity index (χ2n) is 2.79. The Kier molecular flexibility index (Phi) is 3.14. The molecular weight excluding hydrogens is 209 g/mol. The highest BCUT2D eigenvalue weighted by molar-refractivity contribution is 5.97. The van der Waals surface area contributed by atoms with Crippen LogP contribution >= 0.6 is 0 Å². The van der Waals surface area contributed by atoms with Crippen molar-refractivity contribution in [3.63, 3.8) is 0 Å². The van der Waals surface area contributed by atoms with Crippen LogP contribution in [-0.2, 0) is 4.79 Å². The molecule has 0 atom stereocenters. The van der Waals surface area contributed by atoms with Gasteiger partial charge in [0.05, 0.1) is 0 Å². The van der Waals surface area contributed by atoms with Crippen LogP contribution in [0.3, 0.4) is 0 Å². The molecule has 5 heteroatoms. The molecule has 0 heterocycles. The van der Waals surface area contributed by atoms with Crippen molar-refractivity contribution in [2.24, 2.45) is 0 Å². The van der Waals surface area contributed by atoms with Crippen molar-refractivity contribution in [3.8, 4) is 5.75 Å². The van der Waals surface area contributed by atoms with Gasteiger partial charge in [-0.1, -0.05) is 18.2 Å². The zero-order valence-corrected chi connectivity index (χ0v) is 7.45. The molecule has 0 saturated heterocycles. The molecule has 80 valence electrons. The highest BCUT2D eigenvalue weighted by atomic mass is 19.4. The van der Waals surface area contributed by atoms with Crippen molar-refractivity contribution in [1.29, 1.82) is 0 Å². The van der Waals surface area contributed by atoms with Gasteiger partial charge in [0.1, 0.15) is 5.75 Å². The largest absolute Gasteiger partial charge is 0.508 e. The van der Waals surface area contributed by atoms with Gasteiger partial charge in [0.15, 0.2) is 0 Å². The summed E-state index contributed by atoms with van der Waals surface area (Å²) in [6.07, 6.45) is -3.35. The number of rotatable bonds is 2. The average Bonchev–Trinajstić information content (AvgIpc) is 2.15. The van der Waals surface area contributed by atoms with Crippen LogP contribution in [0.5, 0.6) is 5.75 Å². The van der Waals surface area contributed by atoms with Gasteiger partial charge in [-0.2, -0.15) is 13.2 Å². The van der Waals surface area contributed by atoms with E-state index in [0.29, 0.717) is 11.6 Å². The summed E-state index contributed by atoms with van der Waals surface area (Å²) < 4.78 is 35.3. The number of alkyl halides is 3.